The van der Waals surface area contributed by atoms with Crippen molar-refractivity contribution in [2.45, 2.75) is 6.30 Å². The number of carbonyl (C=O) groups is 1. The lowest BCUT2D eigenvalue weighted by Gasteiger charge is -2.10. The Morgan fingerprint density at radius 3 is 2.28 bits per heavy atom. The first-order valence-corrected chi connectivity index (χ1v) is 4.65. The largest absolute Gasteiger partial charge is 0.507 e. The summed E-state index contributed by atoms with van der Waals surface area (Å²) in [7, 11) is 0. The molecule has 1 heterocycles. The van der Waals surface area contributed by atoms with Crippen LogP contribution in [0.4, 0.5) is 13.2 Å². The molecule has 0 spiro atoms. The van der Waals surface area contributed by atoms with Gasteiger partial charge in [-0.1, -0.05) is 18.2 Å². The molecule has 0 aliphatic rings. The quantitative estimate of drug-likeness (QED) is 0.842. The van der Waals surface area contributed by atoms with Crippen LogP contribution in [0.25, 0.3) is 10.8 Å². The highest BCUT2D eigenvalue weighted by atomic mass is 19.4. The van der Waals surface area contributed by atoms with Crippen molar-refractivity contribution < 1.29 is 23.1 Å². The first kappa shape index (κ1) is 12.1. The Hall–Kier alpha value is -2.38. The highest BCUT2D eigenvalue weighted by molar-refractivity contribution is 6.01. The van der Waals surface area contributed by atoms with Gasteiger partial charge in [-0.25, -0.2) is 4.79 Å². The van der Waals surface area contributed by atoms with Crippen molar-refractivity contribution in [1.29, 1.82) is 0 Å². The van der Waals surface area contributed by atoms with E-state index in [0.29, 0.717) is 0 Å². The van der Waals surface area contributed by atoms with E-state index in [9.17, 15) is 22.8 Å². The fourth-order valence-electron chi connectivity index (χ4n) is 1.52. The number of aromatic carboxylic acids is 1. The minimum Gasteiger partial charge on any atom is -0.476 e. The maximum Gasteiger partial charge on any atom is 0.507 e. The van der Waals surface area contributed by atoms with Crippen LogP contribution in [0.15, 0.2) is 29.1 Å². The Morgan fingerprint density at radius 1 is 1.22 bits per heavy atom. The van der Waals surface area contributed by atoms with Crippen molar-refractivity contribution in [2.24, 2.45) is 0 Å². The first-order chi connectivity index (χ1) is 8.32. The number of aromatic nitrogens is 2. The third-order valence-electron chi connectivity index (χ3n) is 2.25. The van der Waals surface area contributed by atoms with Crippen molar-refractivity contribution in [3.8, 4) is 0 Å². The lowest BCUT2D eigenvalue weighted by molar-refractivity contribution is -0.215. The molecule has 5 nitrogen and oxygen atoms in total. The topological polar surface area (TPSA) is 72.2 Å². The van der Waals surface area contributed by atoms with E-state index in [1.54, 1.807) is 0 Å². The van der Waals surface area contributed by atoms with Crippen molar-refractivity contribution in [3.63, 3.8) is 0 Å². The molecule has 0 saturated carbocycles. The molecule has 8 heteroatoms. The van der Waals surface area contributed by atoms with Gasteiger partial charge >= 0.3 is 12.3 Å². The molecule has 0 amide bonds. The highest BCUT2D eigenvalue weighted by Gasteiger charge is 2.35. The van der Waals surface area contributed by atoms with E-state index in [0.717, 1.165) is 6.07 Å². The second-order valence-electron chi connectivity index (χ2n) is 3.38. The summed E-state index contributed by atoms with van der Waals surface area (Å²) in [5.41, 5.74) is -2.22. The van der Waals surface area contributed by atoms with Crippen molar-refractivity contribution in [3.05, 3.63) is 40.3 Å². The van der Waals surface area contributed by atoms with Crippen LogP contribution in [0, 0.1) is 0 Å². The molecule has 18 heavy (non-hydrogen) atoms. The molecule has 1 N–H and O–H groups in total. The molecule has 0 radical (unpaired) electrons. The zero-order chi connectivity index (χ0) is 13.5. The molecular weight excluding hydrogens is 253 g/mol. The van der Waals surface area contributed by atoms with Gasteiger partial charge in [0.05, 0.1) is 5.39 Å². The summed E-state index contributed by atoms with van der Waals surface area (Å²) in [5, 5.41) is 11.2. The molecule has 94 valence electrons. The third-order valence-corrected chi connectivity index (χ3v) is 2.25. The zero-order valence-corrected chi connectivity index (χ0v) is 8.60. The standard InChI is InChI=1S/C10H5F3N2O3/c11-10(12,13)15-8(16)6-4-2-1-3-5(6)7(14-15)9(17)18/h1-4H,(H,17,18). The van der Waals surface area contributed by atoms with Crippen LogP contribution >= 0.6 is 0 Å². The number of carboxylic acids is 1. The number of halogens is 3. The number of benzene rings is 1. The molecular formula is C10H5F3N2O3. The summed E-state index contributed by atoms with van der Waals surface area (Å²) >= 11 is 0. The van der Waals surface area contributed by atoms with E-state index in [1.807, 2.05) is 0 Å². The predicted octanol–water partition coefficient (Wildman–Crippen LogP) is 1.57. The Balaban J connectivity index is 2.97. The van der Waals surface area contributed by atoms with Crippen LogP contribution in [0.1, 0.15) is 10.5 Å². The second-order valence-corrected chi connectivity index (χ2v) is 3.38. The minimum absolute atomic E-state index is 0.129. The van der Waals surface area contributed by atoms with Gasteiger partial charge in [-0.2, -0.15) is 5.10 Å². The molecule has 1 aromatic carbocycles. The van der Waals surface area contributed by atoms with Crippen LogP contribution < -0.4 is 5.56 Å². The summed E-state index contributed by atoms with van der Waals surface area (Å²) in [5.74, 6) is -1.64. The van der Waals surface area contributed by atoms with E-state index >= 15 is 0 Å². The zero-order valence-electron chi connectivity index (χ0n) is 8.60. The van der Waals surface area contributed by atoms with E-state index < -0.39 is 28.2 Å². The van der Waals surface area contributed by atoms with Gasteiger partial charge in [-0.15, -0.1) is 17.9 Å². The van der Waals surface area contributed by atoms with Crippen molar-refractivity contribution in [2.75, 3.05) is 0 Å². The number of nitrogens with zero attached hydrogens (tertiary/aromatic N) is 2. The number of fused-ring (bicyclic) bond motifs is 1. The number of carboxylic acid groups (broad SMARTS) is 1. The highest BCUT2D eigenvalue weighted by Crippen LogP contribution is 2.21. The molecule has 0 fully saturated rings. The Kier molecular flexibility index (Phi) is 2.57. The Morgan fingerprint density at radius 2 is 1.78 bits per heavy atom. The number of hydrogen-bond donors (Lipinski definition) is 1. The minimum atomic E-state index is -5.06. The van der Waals surface area contributed by atoms with Gasteiger partial charge in [-0.05, 0) is 6.07 Å². The third kappa shape index (κ3) is 1.81. The molecule has 2 rings (SSSR count). The number of hydrogen-bond acceptors (Lipinski definition) is 3. The van der Waals surface area contributed by atoms with Crippen molar-refractivity contribution >= 4 is 16.7 Å². The monoisotopic (exact) mass is 258 g/mol. The first-order valence-electron chi connectivity index (χ1n) is 4.65. The van der Waals surface area contributed by atoms with Gasteiger partial charge in [0.2, 0.25) is 0 Å². The van der Waals surface area contributed by atoms with Crippen LogP contribution in [0.5, 0.6) is 0 Å². The molecule has 1 aromatic heterocycles. The molecule has 0 bridgehead atoms. The predicted molar refractivity (Wildman–Crippen MR) is 54.3 cm³/mol. The molecule has 0 unspecified atom stereocenters. The van der Waals surface area contributed by atoms with E-state index in [-0.39, 0.29) is 10.8 Å². The number of rotatable bonds is 1. The maximum atomic E-state index is 12.5. The van der Waals surface area contributed by atoms with Gasteiger partial charge in [0.1, 0.15) is 0 Å². The van der Waals surface area contributed by atoms with E-state index in [2.05, 4.69) is 5.10 Å². The molecule has 0 atom stereocenters. The molecule has 0 aliphatic carbocycles. The second kappa shape index (κ2) is 3.83. The average molecular weight is 258 g/mol. The summed E-state index contributed by atoms with van der Waals surface area (Å²) in [6, 6.07) is 5.10. The normalized spacial score (nSPS) is 11.7. The molecule has 0 saturated heterocycles. The SMILES string of the molecule is O=C(O)c1nn(C(F)(F)F)c(=O)c2ccccc12. The van der Waals surface area contributed by atoms with Crippen LogP contribution in [-0.2, 0) is 6.30 Å². The van der Waals surface area contributed by atoms with Gasteiger partial charge < -0.3 is 5.11 Å². The molecule has 0 aliphatic heterocycles. The summed E-state index contributed by atoms with van der Waals surface area (Å²) in [4.78, 5) is 22.4. The Labute approximate surface area is 97.1 Å². The van der Waals surface area contributed by atoms with Crippen LogP contribution in [0.2, 0.25) is 0 Å². The van der Waals surface area contributed by atoms with Gasteiger partial charge in [0, 0.05) is 5.39 Å². The van der Waals surface area contributed by atoms with Gasteiger partial charge in [-0.3, -0.25) is 4.79 Å². The summed E-state index contributed by atoms with van der Waals surface area (Å²) in [6.45, 7) is 0. The summed E-state index contributed by atoms with van der Waals surface area (Å²) < 4.78 is 36.8. The fourth-order valence-corrected chi connectivity index (χ4v) is 1.52. The lowest BCUT2D eigenvalue weighted by Crippen LogP contribution is -2.34. The van der Waals surface area contributed by atoms with Crippen molar-refractivity contribution in [1.82, 2.24) is 9.78 Å². The van der Waals surface area contributed by atoms with Gasteiger partial charge in [0.25, 0.3) is 5.56 Å². The van der Waals surface area contributed by atoms with E-state index in [4.69, 9.17) is 5.11 Å². The van der Waals surface area contributed by atoms with E-state index in [1.165, 1.54) is 18.2 Å². The maximum absolute atomic E-state index is 12.5. The summed E-state index contributed by atoms with van der Waals surface area (Å²) in [6.07, 6.45) is -5.06. The van der Waals surface area contributed by atoms with Crippen LogP contribution in [0.3, 0.4) is 0 Å². The van der Waals surface area contributed by atoms with Crippen LogP contribution in [-0.4, -0.2) is 20.9 Å². The lowest BCUT2D eigenvalue weighted by atomic mass is 10.1. The Bertz CT molecular complexity index is 691. The molecule has 2 aromatic rings. The average Bonchev–Trinajstić information content (AvgIpc) is 2.27. The smallest absolute Gasteiger partial charge is 0.476 e. The van der Waals surface area contributed by atoms with Gasteiger partial charge in [0.15, 0.2) is 5.69 Å². The fraction of sp³-hybridized carbons (Fsp3) is 0.100. The number of alkyl halides is 3.